The first kappa shape index (κ1) is 10.7. The van der Waals surface area contributed by atoms with Crippen molar-refractivity contribution in [1.29, 1.82) is 0 Å². The summed E-state index contributed by atoms with van der Waals surface area (Å²) in [6, 6.07) is 10.7. The van der Waals surface area contributed by atoms with Crippen LogP contribution < -0.4 is 0 Å². The molecule has 1 aromatic rings. The Kier molecular flexibility index (Phi) is 3.75. The number of rotatable bonds is 3. The third kappa shape index (κ3) is 3.05. The molecule has 0 aromatic heterocycles. The second-order valence-corrected chi connectivity index (χ2v) is 4.22. The van der Waals surface area contributed by atoms with Gasteiger partial charge < -0.3 is 4.74 Å². The summed E-state index contributed by atoms with van der Waals surface area (Å²) in [6.07, 6.45) is 0. The van der Waals surface area contributed by atoms with Crippen LogP contribution in [0, 0.1) is 0 Å². The van der Waals surface area contributed by atoms with Gasteiger partial charge in [0.25, 0.3) is 0 Å². The molecule has 0 radical (unpaired) electrons. The van der Waals surface area contributed by atoms with Crippen molar-refractivity contribution < 1.29 is 4.74 Å². The van der Waals surface area contributed by atoms with Crippen molar-refractivity contribution in [3.63, 3.8) is 0 Å². The molecule has 1 aromatic carbocycles. The van der Waals surface area contributed by atoms with E-state index in [0.717, 1.165) is 32.8 Å². The van der Waals surface area contributed by atoms with Gasteiger partial charge >= 0.3 is 0 Å². The molecule has 82 valence electrons. The molecule has 2 heteroatoms. The highest BCUT2D eigenvalue weighted by molar-refractivity contribution is 5.19. The van der Waals surface area contributed by atoms with Crippen LogP contribution in [0.3, 0.4) is 0 Å². The Morgan fingerprint density at radius 1 is 1.20 bits per heavy atom. The largest absolute Gasteiger partial charge is 0.379 e. The van der Waals surface area contributed by atoms with Crippen LogP contribution in [-0.4, -0.2) is 37.7 Å². The summed E-state index contributed by atoms with van der Waals surface area (Å²) in [7, 11) is 0. The molecule has 1 fully saturated rings. The summed E-state index contributed by atoms with van der Waals surface area (Å²) in [5, 5.41) is 0. The highest BCUT2D eigenvalue weighted by atomic mass is 16.5. The van der Waals surface area contributed by atoms with E-state index in [0.29, 0.717) is 5.92 Å². The van der Waals surface area contributed by atoms with Crippen LogP contribution in [0.15, 0.2) is 30.3 Å². The van der Waals surface area contributed by atoms with Crippen LogP contribution in [0.4, 0.5) is 0 Å². The molecule has 0 aliphatic carbocycles. The van der Waals surface area contributed by atoms with Crippen molar-refractivity contribution in [2.45, 2.75) is 12.8 Å². The van der Waals surface area contributed by atoms with Crippen molar-refractivity contribution in [3.05, 3.63) is 35.9 Å². The topological polar surface area (TPSA) is 12.5 Å². The van der Waals surface area contributed by atoms with Gasteiger partial charge in [-0.3, -0.25) is 4.90 Å². The molecule has 1 aliphatic rings. The average molecular weight is 205 g/mol. The van der Waals surface area contributed by atoms with Gasteiger partial charge in [-0.05, 0) is 11.5 Å². The molecule has 0 spiro atoms. The minimum atomic E-state index is 0.615. The first-order valence-corrected chi connectivity index (χ1v) is 5.71. The standard InChI is InChI=1S/C13H19NO/c1-12(13-5-3-2-4-6-13)11-14-7-9-15-10-8-14/h2-6,12H,7-11H2,1H3/t12-/m0/s1. The minimum absolute atomic E-state index is 0.615. The third-order valence-electron chi connectivity index (χ3n) is 3.00. The maximum absolute atomic E-state index is 5.35. The molecule has 0 N–H and O–H groups in total. The number of hydrogen-bond donors (Lipinski definition) is 0. The molecule has 0 saturated carbocycles. The predicted molar refractivity (Wildman–Crippen MR) is 62.1 cm³/mol. The van der Waals surface area contributed by atoms with E-state index in [9.17, 15) is 0 Å². The Balaban J connectivity index is 1.88. The molecule has 0 amide bonds. The fourth-order valence-electron chi connectivity index (χ4n) is 2.06. The van der Waals surface area contributed by atoms with E-state index in [1.54, 1.807) is 0 Å². The molecule has 1 heterocycles. The summed E-state index contributed by atoms with van der Waals surface area (Å²) in [5.74, 6) is 0.615. The van der Waals surface area contributed by atoms with Crippen LogP contribution in [0.1, 0.15) is 18.4 Å². The number of benzene rings is 1. The van der Waals surface area contributed by atoms with Gasteiger partial charge in [-0.1, -0.05) is 37.3 Å². The van der Waals surface area contributed by atoms with E-state index >= 15 is 0 Å². The summed E-state index contributed by atoms with van der Waals surface area (Å²) >= 11 is 0. The Morgan fingerprint density at radius 3 is 2.53 bits per heavy atom. The van der Waals surface area contributed by atoms with Crippen LogP contribution in [0.5, 0.6) is 0 Å². The lowest BCUT2D eigenvalue weighted by Gasteiger charge is -2.29. The second-order valence-electron chi connectivity index (χ2n) is 4.22. The normalized spacial score (nSPS) is 20.1. The van der Waals surface area contributed by atoms with E-state index in [-0.39, 0.29) is 0 Å². The quantitative estimate of drug-likeness (QED) is 0.749. The smallest absolute Gasteiger partial charge is 0.0594 e. The Labute approximate surface area is 91.9 Å². The zero-order valence-electron chi connectivity index (χ0n) is 9.36. The molecule has 2 rings (SSSR count). The number of hydrogen-bond acceptors (Lipinski definition) is 2. The molecule has 0 bridgehead atoms. The Bertz CT molecular complexity index is 280. The van der Waals surface area contributed by atoms with Crippen LogP contribution >= 0.6 is 0 Å². The van der Waals surface area contributed by atoms with Crippen molar-refractivity contribution in [2.75, 3.05) is 32.8 Å². The maximum Gasteiger partial charge on any atom is 0.0594 e. The van der Waals surface area contributed by atoms with Crippen LogP contribution in [0.25, 0.3) is 0 Å². The van der Waals surface area contributed by atoms with E-state index in [4.69, 9.17) is 4.74 Å². The van der Waals surface area contributed by atoms with Gasteiger partial charge in [0.05, 0.1) is 13.2 Å². The fourth-order valence-corrected chi connectivity index (χ4v) is 2.06. The van der Waals surface area contributed by atoms with Crippen molar-refractivity contribution >= 4 is 0 Å². The molecule has 15 heavy (non-hydrogen) atoms. The molecule has 2 nitrogen and oxygen atoms in total. The highest BCUT2D eigenvalue weighted by Crippen LogP contribution is 2.16. The monoisotopic (exact) mass is 205 g/mol. The van der Waals surface area contributed by atoms with Gasteiger partial charge in [-0.2, -0.15) is 0 Å². The van der Waals surface area contributed by atoms with E-state index in [1.165, 1.54) is 5.56 Å². The van der Waals surface area contributed by atoms with Gasteiger partial charge in [0, 0.05) is 19.6 Å². The third-order valence-corrected chi connectivity index (χ3v) is 3.00. The van der Waals surface area contributed by atoms with Crippen molar-refractivity contribution in [1.82, 2.24) is 4.90 Å². The lowest BCUT2D eigenvalue weighted by molar-refractivity contribution is 0.0357. The summed E-state index contributed by atoms with van der Waals surface area (Å²) in [6.45, 7) is 7.38. The molecular formula is C13H19NO. The van der Waals surface area contributed by atoms with E-state index < -0.39 is 0 Å². The van der Waals surface area contributed by atoms with E-state index in [2.05, 4.69) is 42.2 Å². The van der Waals surface area contributed by atoms with E-state index in [1.807, 2.05) is 0 Å². The van der Waals surface area contributed by atoms with Gasteiger partial charge in [-0.25, -0.2) is 0 Å². The number of nitrogens with zero attached hydrogens (tertiary/aromatic N) is 1. The SMILES string of the molecule is C[C@@H](CN1CCOCC1)c1ccccc1. The highest BCUT2D eigenvalue weighted by Gasteiger charge is 2.14. The van der Waals surface area contributed by atoms with Gasteiger partial charge in [0.1, 0.15) is 0 Å². The molecule has 0 unspecified atom stereocenters. The van der Waals surface area contributed by atoms with Crippen LogP contribution in [-0.2, 0) is 4.74 Å². The first-order chi connectivity index (χ1) is 7.36. The lowest BCUT2D eigenvalue weighted by atomic mass is 10.0. The summed E-state index contributed by atoms with van der Waals surface area (Å²) in [5.41, 5.74) is 1.43. The van der Waals surface area contributed by atoms with Gasteiger partial charge in [-0.15, -0.1) is 0 Å². The lowest BCUT2D eigenvalue weighted by Crippen LogP contribution is -2.38. The van der Waals surface area contributed by atoms with Crippen molar-refractivity contribution in [3.8, 4) is 0 Å². The fraction of sp³-hybridized carbons (Fsp3) is 0.538. The average Bonchev–Trinajstić information content (AvgIpc) is 2.31. The molecule has 1 atom stereocenters. The number of ether oxygens (including phenoxy) is 1. The molecule has 1 saturated heterocycles. The first-order valence-electron chi connectivity index (χ1n) is 5.71. The van der Waals surface area contributed by atoms with Gasteiger partial charge in [0.15, 0.2) is 0 Å². The van der Waals surface area contributed by atoms with Gasteiger partial charge in [0.2, 0.25) is 0 Å². The predicted octanol–water partition coefficient (Wildman–Crippen LogP) is 2.12. The number of morpholine rings is 1. The second kappa shape index (κ2) is 5.29. The molecule has 1 aliphatic heterocycles. The Hall–Kier alpha value is -0.860. The Morgan fingerprint density at radius 2 is 1.87 bits per heavy atom. The minimum Gasteiger partial charge on any atom is -0.379 e. The van der Waals surface area contributed by atoms with Crippen LogP contribution in [0.2, 0.25) is 0 Å². The summed E-state index contributed by atoms with van der Waals surface area (Å²) in [4.78, 5) is 2.49. The maximum atomic E-state index is 5.35. The zero-order valence-corrected chi connectivity index (χ0v) is 9.36. The van der Waals surface area contributed by atoms with Crippen molar-refractivity contribution in [2.24, 2.45) is 0 Å². The zero-order chi connectivity index (χ0) is 10.5. The molecular weight excluding hydrogens is 186 g/mol. The summed E-state index contributed by atoms with van der Waals surface area (Å²) < 4.78 is 5.35.